The summed E-state index contributed by atoms with van der Waals surface area (Å²) in [6.07, 6.45) is -0.404. The maximum absolute atomic E-state index is 11.4. The molecule has 0 aliphatic rings. The zero-order valence-corrected chi connectivity index (χ0v) is 12.0. The van der Waals surface area contributed by atoms with Crippen LogP contribution in [0.4, 0.5) is 16.2 Å². The Hall–Kier alpha value is -1.91. The van der Waals surface area contributed by atoms with Crippen molar-refractivity contribution < 1.29 is 9.53 Å². The number of nitrogens with two attached hydrogens (primary N) is 1. The van der Waals surface area contributed by atoms with Crippen molar-refractivity contribution >= 4 is 17.5 Å². The molecular weight excluding hydrogens is 242 g/mol. The summed E-state index contributed by atoms with van der Waals surface area (Å²) in [4.78, 5) is 11.4. The number of alkyl carbamates (subject to hydrolysis) is 1. The highest BCUT2D eigenvalue weighted by atomic mass is 16.6. The van der Waals surface area contributed by atoms with E-state index in [4.69, 9.17) is 10.5 Å². The zero-order chi connectivity index (χ0) is 14.5. The third-order valence-corrected chi connectivity index (χ3v) is 2.48. The molecule has 19 heavy (non-hydrogen) atoms. The Morgan fingerprint density at radius 2 is 2.00 bits per heavy atom. The van der Waals surface area contributed by atoms with Crippen LogP contribution >= 0.6 is 0 Å². The van der Waals surface area contributed by atoms with Gasteiger partial charge in [0.1, 0.15) is 5.60 Å². The lowest BCUT2D eigenvalue weighted by Crippen LogP contribution is -2.35. The first kappa shape index (κ1) is 15.1. The number of ether oxygens (including phenoxy) is 1. The number of anilines is 2. The number of nitrogens with one attached hydrogen (secondary N) is 2. The third kappa shape index (κ3) is 5.50. The zero-order valence-electron chi connectivity index (χ0n) is 12.0. The van der Waals surface area contributed by atoms with Crippen LogP contribution < -0.4 is 16.4 Å². The summed E-state index contributed by atoms with van der Waals surface area (Å²) in [6.45, 7) is 8.56. The SMILES string of the molecule is Cc1c(N)cccc1NCCNC(=O)OC(C)(C)C. The molecule has 5 nitrogen and oxygen atoms in total. The van der Waals surface area contributed by atoms with Crippen molar-refractivity contribution in [1.82, 2.24) is 5.32 Å². The highest BCUT2D eigenvalue weighted by Crippen LogP contribution is 2.19. The number of amides is 1. The predicted octanol–water partition coefficient (Wildman–Crippen LogP) is 2.51. The van der Waals surface area contributed by atoms with Gasteiger partial charge in [0, 0.05) is 24.5 Å². The molecule has 0 unspecified atom stereocenters. The lowest BCUT2D eigenvalue weighted by atomic mass is 10.1. The number of nitrogen functional groups attached to an aromatic ring is 1. The molecule has 0 bridgehead atoms. The van der Waals surface area contributed by atoms with Gasteiger partial charge in [-0.25, -0.2) is 4.79 Å². The molecule has 0 aliphatic heterocycles. The maximum atomic E-state index is 11.4. The van der Waals surface area contributed by atoms with E-state index < -0.39 is 11.7 Å². The van der Waals surface area contributed by atoms with Crippen LogP contribution in [0, 0.1) is 6.92 Å². The molecule has 1 aromatic carbocycles. The molecule has 0 aromatic heterocycles. The molecule has 5 heteroatoms. The molecule has 4 N–H and O–H groups in total. The van der Waals surface area contributed by atoms with Gasteiger partial charge in [-0.2, -0.15) is 0 Å². The molecule has 0 atom stereocenters. The summed E-state index contributed by atoms with van der Waals surface area (Å²) in [7, 11) is 0. The first-order chi connectivity index (χ1) is 8.79. The van der Waals surface area contributed by atoms with E-state index in [9.17, 15) is 4.79 Å². The molecule has 106 valence electrons. The van der Waals surface area contributed by atoms with Crippen LogP contribution in [0.2, 0.25) is 0 Å². The van der Waals surface area contributed by atoms with Crippen LogP contribution in [0.25, 0.3) is 0 Å². The Morgan fingerprint density at radius 1 is 1.32 bits per heavy atom. The topological polar surface area (TPSA) is 76.4 Å². The molecular formula is C14H23N3O2. The van der Waals surface area contributed by atoms with Gasteiger partial charge >= 0.3 is 6.09 Å². The van der Waals surface area contributed by atoms with Crippen LogP contribution in [0.1, 0.15) is 26.3 Å². The monoisotopic (exact) mass is 265 g/mol. The van der Waals surface area contributed by atoms with E-state index in [-0.39, 0.29) is 0 Å². The predicted molar refractivity (Wildman–Crippen MR) is 78.3 cm³/mol. The van der Waals surface area contributed by atoms with E-state index in [1.807, 2.05) is 45.9 Å². The number of benzene rings is 1. The maximum Gasteiger partial charge on any atom is 0.407 e. The highest BCUT2D eigenvalue weighted by Gasteiger charge is 2.15. The molecule has 1 aromatic rings. The van der Waals surface area contributed by atoms with Crippen molar-refractivity contribution in [2.24, 2.45) is 0 Å². The van der Waals surface area contributed by atoms with Crippen LogP contribution in [0.15, 0.2) is 18.2 Å². The normalized spacial score (nSPS) is 10.9. The standard InChI is InChI=1S/C14H23N3O2/c1-10-11(15)6-5-7-12(10)16-8-9-17-13(18)19-14(2,3)4/h5-7,16H,8-9,15H2,1-4H3,(H,17,18). The van der Waals surface area contributed by atoms with Gasteiger partial charge in [0.25, 0.3) is 0 Å². The smallest absolute Gasteiger partial charge is 0.407 e. The molecule has 0 radical (unpaired) electrons. The average molecular weight is 265 g/mol. The van der Waals surface area contributed by atoms with E-state index >= 15 is 0 Å². The summed E-state index contributed by atoms with van der Waals surface area (Å²) in [5.74, 6) is 0. The fourth-order valence-electron chi connectivity index (χ4n) is 1.52. The van der Waals surface area contributed by atoms with Crippen molar-refractivity contribution in [2.45, 2.75) is 33.3 Å². The van der Waals surface area contributed by atoms with Gasteiger partial charge < -0.3 is 21.1 Å². The van der Waals surface area contributed by atoms with Gasteiger partial charge in [-0.15, -0.1) is 0 Å². The minimum atomic E-state index is -0.470. The molecule has 0 aliphatic carbocycles. The van der Waals surface area contributed by atoms with Crippen LogP contribution in [0.3, 0.4) is 0 Å². The Labute approximate surface area is 114 Å². The second-order valence-electron chi connectivity index (χ2n) is 5.38. The fraction of sp³-hybridized carbons (Fsp3) is 0.500. The van der Waals surface area contributed by atoms with Gasteiger partial charge in [0.2, 0.25) is 0 Å². The van der Waals surface area contributed by atoms with Crippen LogP contribution in [-0.2, 0) is 4.74 Å². The van der Waals surface area contributed by atoms with Crippen molar-refractivity contribution in [3.63, 3.8) is 0 Å². The van der Waals surface area contributed by atoms with E-state index in [0.29, 0.717) is 13.1 Å². The largest absolute Gasteiger partial charge is 0.444 e. The lowest BCUT2D eigenvalue weighted by Gasteiger charge is -2.19. The van der Waals surface area contributed by atoms with Crippen LogP contribution in [-0.4, -0.2) is 24.8 Å². The van der Waals surface area contributed by atoms with E-state index in [1.165, 1.54) is 0 Å². The second kappa shape index (κ2) is 6.31. The minimum absolute atomic E-state index is 0.404. The molecule has 0 saturated heterocycles. The lowest BCUT2D eigenvalue weighted by molar-refractivity contribution is 0.0530. The Balaban J connectivity index is 2.32. The summed E-state index contributed by atoms with van der Waals surface area (Å²) in [5, 5.41) is 5.91. The van der Waals surface area contributed by atoms with E-state index in [2.05, 4.69) is 10.6 Å². The third-order valence-electron chi connectivity index (χ3n) is 2.48. The quantitative estimate of drug-likeness (QED) is 0.577. The van der Waals surface area contributed by atoms with Crippen molar-refractivity contribution in [3.8, 4) is 0 Å². The summed E-state index contributed by atoms with van der Waals surface area (Å²) in [5.41, 5.74) is 8.09. The molecule has 0 saturated carbocycles. The van der Waals surface area contributed by atoms with Gasteiger partial charge in [-0.3, -0.25) is 0 Å². The molecule has 0 heterocycles. The fourth-order valence-corrected chi connectivity index (χ4v) is 1.52. The number of hydrogen-bond acceptors (Lipinski definition) is 4. The molecule has 0 spiro atoms. The number of carbonyl (C=O) groups is 1. The van der Waals surface area contributed by atoms with Crippen molar-refractivity contribution in [3.05, 3.63) is 23.8 Å². The van der Waals surface area contributed by atoms with E-state index in [1.54, 1.807) is 0 Å². The summed E-state index contributed by atoms with van der Waals surface area (Å²) in [6, 6.07) is 5.71. The molecule has 0 fully saturated rings. The summed E-state index contributed by atoms with van der Waals surface area (Å²) < 4.78 is 5.14. The van der Waals surface area contributed by atoms with Crippen molar-refractivity contribution in [1.29, 1.82) is 0 Å². The second-order valence-corrected chi connectivity index (χ2v) is 5.38. The number of rotatable bonds is 4. The number of carbonyl (C=O) groups excluding carboxylic acids is 1. The Kier molecular flexibility index (Phi) is 5.03. The first-order valence-electron chi connectivity index (χ1n) is 6.35. The Morgan fingerprint density at radius 3 is 2.63 bits per heavy atom. The van der Waals surface area contributed by atoms with Gasteiger partial charge in [-0.05, 0) is 45.4 Å². The average Bonchev–Trinajstić information content (AvgIpc) is 2.27. The molecule has 1 rings (SSSR count). The summed E-state index contributed by atoms with van der Waals surface area (Å²) >= 11 is 0. The number of hydrogen-bond donors (Lipinski definition) is 3. The molecule has 1 amide bonds. The first-order valence-corrected chi connectivity index (χ1v) is 6.35. The minimum Gasteiger partial charge on any atom is -0.444 e. The highest BCUT2D eigenvalue weighted by molar-refractivity contribution is 5.67. The van der Waals surface area contributed by atoms with E-state index in [0.717, 1.165) is 16.9 Å². The van der Waals surface area contributed by atoms with Gasteiger partial charge in [0.05, 0.1) is 0 Å². The van der Waals surface area contributed by atoms with Crippen molar-refractivity contribution in [2.75, 3.05) is 24.1 Å². The van der Waals surface area contributed by atoms with Gasteiger partial charge in [0.15, 0.2) is 0 Å². The van der Waals surface area contributed by atoms with Gasteiger partial charge in [-0.1, -0.05) is 6.07 Å². The Bertz CT molecular complexity index is 439. The van der Waals surface area contributed by atoms with Crippen LogP contribution in [0.5, 0.6) is 0 Å².